The third-order valence-corrected chi connectivity index (χ3v) is 9.65. The van der Waals surface area contributed by atoms with E-state index < -0.39 is 0 Å². The molecule has 1 aromatic carbocycles. The van der Waals surface area contributed by atoms with E-state index in [0.717, 1.165) is 30.6 Å². The molecule has 5 saturated carbocycles. The zero-order valence-electron chi connectivity index (χ0n) is 18.0. The summed E-state index contributed by atoms with van der Waals surface area (Å²) in [6.07, 6.45) is 14.1. The molecule has 0 radical (unpaired) electrons. The molecule has 0 aromatic heterocycles. The number of nitrogens with one attached hydrogen (secondary N) is 1. The van der Waals surface area contributed by atoms with E-state index in [4.69, 9.17) is 18.0 Å². The summed E-state index contributed by atoms with van der Waals surface area (Å²) in [4.78, 5) is 1.21. The molecule has 3 N–H and O–H groups in total. The van der Waals surface area contributed by atoms with Crippen molar-refractivity contribution in [2.45, 2.75) is 95.1 Å². The lowest BCUT2D eigenvalue weighted by atomic mass is 9.40. The first-order valence-corrected chi connectivity index (χ1v) is 12.6. The molecule has 5 aliphatic rings. The van der Waals surface area contributed by atoms with E-state index in [1.807, 2.05) is 0 Å². The first kappa shape index (κ1) is 20.0. The van der Waals surface area contributed by atoms with Gasteiger partial charge in [-0.2, -0.15) is 0 Å². The van der Waals surface area contributed by atoms with Gasteiger partial charge in [-0.05, 0) is 86.5 Å². The Kier molecular flexibility index (Phi) is 5.27. The quantitative estimate of drug-likeness (QED) is 0.608. The fourth-order valence-electron chi connectivity index (χ4n) is 8.05. The van der Waals surface area contributed by atoms with Crippen LogP contribution in [0.2, 0.25) is 0 Å². The van der Waals surface area contributed by atoms with Crippen LogP contribution in [0, 0.1) is 23.2 Å². The molecule has 158 valence electrons. The molecule has 0 spiro atoms. The summed E-state index contributed by atoms with van der Waals surface area (Å²) in [5.74, 6) is 2.65. The molecule has 4 bridgehead atoms. The van der Waals surface area contributed by atoms with Crippen molar-refractivity contribution in [3.05, 3.63) is 35.9 Å². The Hall–Kier alpha value is -0.930. The average molecular weight is 411 g/mol. The van der Waals surface area contributed by atoms with Gasteiger partial charge in [-0.3, -0.25) is 0 Å². The fourth-order valence-corrected chi connectivity index (χ4v) is 8.45. The number of benzene rings is 1. The first-order chi connectivity index (χ1) is 14.0. The maximum atomic E-state index is 6.22. The maximum absolute atomic E-state index is 6.22. The van der Waals surface area contributed by atoms with Crippen LogP contribution in [0.4, 0.5) is 0 Å². The predicted molar refractivity (Wildman–Crippen MR) is 125 cm³/mol. The molecule has 2 atom stereocenters. The summed E-state index contributed by atoms with van der Waals surface area (Å²) in [6, 6.07) is 12.4. The van der Waals surface area contributed by atoms with Crippen LogP contribution in [0.15, 0.2) is 30.3 Å². The lowest BCUT2D eigenvalue weighted by Gasteiger charge is -2.65. The highest BCUT2D eigenvalue weighted by molar-refractivity contribution is 7.80. The Morgan fingerprint density at radius 1 is 1.03 bits per heavy atom. The van der Waals surface area contributed by atoms with Gasteiger partial charge in [0.1, 0.15) is 0 Å². The van der Waals surface area contributed by atoms with Crippen molar-refractivity contribution >= 4 is 17.2 Å². The van der Waals surface area contributed by atoms with Crippen LogP contribution in [0.1, 0.15) is 83.1 Å². The Morgan fingerprint density at radius 2 is 1.69 bits per heavy atom. The fraction of sp³-hybridized carbons (Fsp3) is 0.731. The minimum absolute atomic E-state index is 0.237. The smallest absolute Gasteiger partial charge is 0.0818 e. The first-order valence-electron chi connectivity index (χ1n) is 12.2. The molecule has 3 heteroatoms. The topological polar surface area (TPSA) is 38.0 Å². The van der Waals surface area contributed by atoms with E-state index in [2.05, 4.69) is 42.6 Å². The Balaban J connectivity index is 1.42. The van der Waals surface area contributed by atoms with Crippen molar-refractivity contribution in [1.82, 2.24) is 5.32 Å². The van der Waals surface area contributed by atoms with Gasteiger partial charge in [-0.25, -0.2) is 0 Å². The molecule has 5 fully saturated rings. The van der Waals surface area contributed by atoms with E-state index in [1.54, 1.807) is 5.56 Å². The minimum atomic E-state index is 0.237. The van der Waals surface area contributed by atoms with Gasteiger partial charge in [0, 0.05) is 17.5 Å². The summed E-state index contributed by atoms with van der Waals surface area (Å²) >= 11 is 6.22. The molecular formula is C26H38N2S. The van der Waals surface area contributed by atoms with E-state index >= 15 is 0 Å². The molecule has 0 saturated heterocycles. The molecular weight excluding hydrogens is 372 g/mol. The molecule has 0 amide bonds. The second kappa shape index (κ2) is 7.64. The van der Waals surface area contributed by atoms with Crippen molar-refractivity contribution in [1.29, 1.82) is 0 Å². The van der Waals surface area contributed by atoms with Gasteiger partial charge >= 0.3 is 0 Å². The molecule has 2 nitrogen and oxygen atoms in total. The van der Waals surface area contributed by atoms with Crippen molar-refractivity contribution in [2.75, 3.05) is 0 Å². The summed E-state index contributed by atoms with van der Waals surface area (Å²) in [5.41, 5.74) is 8.32. The number of thiocarbonyl (C=S) groups is 1. The summed E-state index contributed by atoms with van der Waals surface area (Å²) in [5, 5.41) is 3.89. The third kappa shape index (κ3) is 3.47. The predicted octanol–water partition coefficient (Wildman–Crippen LogP) is 5.74. The number of nitrogens with two attached hydrogens (primary N) is 1. The SMILES string of the molecule is CCCC1C2CC3(C(=S)N[C@H]4CC[C@H](N)CC4)CC1CC(c1ccccc1)(C2)C3. The Labute approximate surface area is 182 Å². The normalized spacial score (nSPS) is 43.3. The lowest BCUT2D eigenvalue weighted by Crippen LogP contribution is -2.62. The van der Waals surface area contributed by atoms with Gasteiger partial charge in [0.15, 0.2) is 0 Å². The van der Waals surface area contributed by atoms with Crippen molar-refractivity contribution in [2.24, 2.45) is 28.9 Å². The lowest BCUT2D eigenvalue weighted by molar-refractivity contribution is -0.0840. The summed E-state index contributed by atoms with van der Waals surface area (Å²) in [6.45, 7) is 2.37. The maximum Gasteiger partial charge on any atom is 0.0818 e. The highest BCUT2D eigenvalue weighted by Gasteiger charge is 2.62. The summed E-state index contributed by atoms with van der Waals surface area (Å²) < 4.78 is 0. The molecule has 29 heavy (non-hydrogen) atoms. The average Bonchev–Trinajstić information content (AvgIpc) is 2.72. The van der Waals surface area contributed by atoms with Crippen LogP contribution in [-0.4, -0.2) is 17.1 Å². The van der Waals surface area contributed by atoms with Crippen molar-refractivity contribution in [3.63, 3.8) is 0 Å². The van der Waals surface area contributed by atoms with Crippen LogP contribution in [0.3, 0.4) is 0 Å². The van der Waals surface area contributed by atoms with E-state index in [0.29, 0.717) is 17.5 Å². The van der Waals surface area contributed by atoms with Crippen LogP contribution in [0.25, 0.3) is 0 Å². The molecule has 2 unspecified atom stereocenters. The van der Waals surface area contributed by atoms with E-state index in [-0.39, 0.29) is 5.41 Å². The zero-order valence-corrected chi connectivity index (χ0v) is 18.9. The van der Waals surface area contributed by atoms with Crippen LogP contribution in [-0.2, 0) is 5.41 Å². The van der Waals surface area contributed by atoms with E-state index in [1.165, 1.54) is 62.8 Å². The van der Waals surface area contributed by atoms with Gasteiger partial charge in [-0.1, -0.05) is 62.3 Å². The van der Waals surface area contributed by atoms with Gasteiger partial charge in [0.2, 0.25) is 0 Å². The third-order valence-electron chi connectivity index (χ3n) is 9.10. The Morgan fingerprint density at radius 3 is 2.31 bits per heavy atom. The molecule has 6 rings (SSSR count). The van der Waals surface area contributed by atoms with Crippen LogP contribution in [0.5, 0.6) is 0 Å². The van der Waals surface area contributed by atoms with Gasteiger partial charge in [-0.15, -0.1) is 0 Å². The summed E-state index contributed by atoms with van der Waals surface area (Å²) in [7, 11) is 0. The number of rotatable bonds is 5. The van der Waals surface area contributed by atoms with Gasteiger partial charge in [0.05, 0.1) is 4.99 Å². The Bertz CT molecular complexity index is 720. The largest absolute Gasteiger partial charge is 0.376 e. The highest BCUT2D eigenvalue weighted by Crippen LogP contribution is 2.68. The van der Waals surface area contributed by atoms with Crippen molar-refractivity contribution in [3.8, 4) is 0 Å². The standard InChI is InChI=1S/C26H38N2S/c1-2-6-23-18-13-25(20-7-4-3-5-8-20)14-19(23)16-26(15-18,17-25)24(29)28-22-11-9-21(27)10-12-22/h3-5,7-8,18-19,21-23H,2,6,9-17,27H2,1H3,(H,28,29)/t18?,19?,21-,22-,23?,25?,26?. The second-order valence-electron chi connectivity index (χ2n) is 11.0. The molecule has 5 aliphatic carbocycles. The van der Waals surface area contributed by atoms with E-state index in [9.17, 15) is 0 Å². The van der Waals surface area contributed by atoms with Gasteiger partial charge in [0.25, 0.3) is 0 Å². The number of hydrogen-bond donors (Lipinski definition) is 2. The molecule has 0 heterocycles. The minimum Gasteiger partial charge on any atom is -0.376 e. The molecule has 1 aromatic rings. The zero-order chi connectivity index (χ0) is 20.1. The van der Waals surface area contributed by atoms with Gasteiger partial charge < -0.3 is 11.1 Å². The second-order valence-corrected chi connectivity index (χ2v) is 11.4. The highest BCUT2D eigenvalue weighted by atomic mass is 32.1. The van der Waals surface area contributed by atoms with Crippen LogP contribution >= 0.6 is 12.2 Å². The monoisotopic (exact) mass is 410 g/mol. The van der Waals surface area contributed by atoms with Crippen molar-refractivity contribution < 1.29 is 0 Å². The number of hydrogen-bond acceptors (Lipinski definition) is 2. The van der Waals surface area contributed by atoms with Crippen LogP contribution < -0.4 is 11.1 Å². The molecule has 0 aliphatic heterocycles.